The fourth-order valence-electron chi connectivity index (χ4n) is 2.80. The topological polar surface area (TPSA) is 17.8 Å². The summed E-state index contributed by atoms with van der Waals surface area (Å²) in [5.41, 5.74) is 1.70. The highest BCUT2D eigenvalue weighted by atomic mass is 35.5. The standard InChI is InChI=1S/C16H22ClFN2/c1-3-5-7-13(6-4-2)20-15-9-8-12(18)10-14(15)19-16(20)11-17/h8-10,13H,3-7,11H2,1-2H3. The van der Waals surface area contributed by atoms with Crippen molar-refractivity contribution in [1.82, 2.24) is 9.55 Å². The number of halogens is 2. The molecule has 110 valence electrons. The molecule has 4 heteroatoms. The van der Waals surface area contributed by atoms with Crippen molar-refractivity contribution in [3.63, 3.8) is 0 Å². The van der Waals surface area contributed by atoms with E-state index >= 15 is 0 Å². The Morgan fingerprint density at radius 1 is 1.25 bits per heavy atom. The molecular weight excluding hydrogens is 275 g/mol. The van der Waals surface area contributed by atoms with Gasteiger partial charge in [0.1, 0.15) is 11.6 Å². The highest BCUT2D eigenvalue weighted by molar-refractivity contribution is 6.16. The number of rotatable bonds is 7. The Kier molecular flexibility index (Phi) is 5.41. The van der Waals surface area contributed by atoms with Gasteiger partial charge in [-0.2, -0.15) is 0 Å². The summed E-state index contributed by atoms with van der Waals surface area (Å²) in [4.78, 5) is 4.49. The first-order valence-electron chi connectivity index (χ1n) is 7.43. The third kappa shape index (κ3) is 3.14. The Hall–Kier alpha value is -1.09. The zero-order valence-corrected chi connectivity index (χ0v) is 13.0. The molecule has 1 heterocycles. The van der Waals surface area contributed by atoms with Crippen molar-refractivity contribution in [2.24, 2.45) is 0 Å². The fraction of sp³-hybridized carbons (Fsp3) is 0.562. The van der Waals surface area contributed by atoms with Crippen molar-refractivity contribution in [1.29, 1.82) is 0 Å². The van der Waals surface area contributed by atoms with Crippen LogP contribution in [0, 0.1) is 5.82 Å². The molecule has 1 aromatic heterocycles. The van der Waals surface area contributed by atoms with Crippen LogP contribution in [0.25, 0.3) is 11.0 Å². The molecule has 0 N–H and O–H groups in total. The number of hydrogen-bond acceptors (Lipinski definition) is 1. The van der Waals surface area contributed by atoms with Crippen LogP contribution in [-0.4, -0.2) is 9.55 Å². The van der Waals surface area contributed by atoms with E-state index in [2.05, 4.69) is 23.4 Å². The van der Waals surface area contributed by atoms with Crippen molar-refractivity contribution in [2.45, 2.75) is 57.9 Å². The fourth-order valence-corrected chi connectivity index (χ4v) is 2.99. The first-order valence-corrected chi connectivity index (χ1v) is 7.97. The van der Waals surface area contributed by atoms with E-state index in [4.69, 9.17) is 11.6 Å². The smallest absolute Gasteiger partial charge is 0.125 e. The Morgan fingerprint density at radius 2 is 2.05 bits per heavy atom. The normalized spacial score (nSPS) is 13.0. The molecule has 1 atom stereocenters. The number of imidazole rings is 1. The van der Waals surface area contributed by atoms with E-state index in [-0.39, 0.29) is 5.82 Å². The van der Waals surface area contributed by atoms with E-state index < -0.39 is 0 Å². The van der Waals surface area contributed by atoms with E-state index in [0.29, 0.717) is 17.4 Å². The van der Waals surface area contributed by atoms with E-state index in [1.807, 2.05) is 6.07 Å². The third-order valence-corrected chi connectivity index (χ3v) is 3.96. The van der Waals surface area contributed by atoms with Crippen LogP contribution in [-0.2, 0) is 5.88 Å². The van der Waals surface area contributed by atoms with E-state index in [1.54, 1.807) is 0 Å². The molecule has 0 aliphatic rings. The average molecular weight is 297 g/mol. The number of unbranched alkanes of at least 4 members (excludes halogenated alkanes) is 1. The van der Waals surface area contributed by atoms with Gasteiger partial charge in [0.05, 0.1) is 16.9 Å². The number of hydrogen-bond donors (Lipinski definition) is 0. The number of nitrogens with zero attached hydrogens (tertiary/aromatic N) is 2. The van der Waals surface area contributed by atoms with Gasteiger partial charge in [0, 0.05) is 12.1 Å². The molecule has 20 heavy (non-hydrogen) atoms. The van der Waals surface area contributed by atoms with E-state index in [1.165, 1.54) is 25.0 Å². The van der Waals surface area contributed by atoms with E-state index in [0.717, 1.165) is 30.6 Å². The Balaban J connectivity index is 2.47. The van der Waals surface area contributed by atoms with Gasteiger partial charge in [0.15, 0.2) is 0 Å². The molecule has 0 bridgehead atoms. The van der Waals surface area contributed by atoms with Crippen LogP contribution in [0.4, 0.5) is 4.39 Å². The second kappa shape index (κ2) is 7.07. The van der Waals surface area contributed by atoms with Gasteiger partial charge in [-0.15, -0.1) is 11.6 Å². The molecule has 0 fully saturated rings. The number of benzene rings is 1. The van der Waals surface area contributed by atoms with Gasteiger partial charge in [0.25, 0.3) is 0 Å². The molecule has 1 unspecified atom stereocenters. The molecule has 2 nitrogen and oxygen atoms in total. The minimum Gasteiger partial charge on any atom is -0.324 e. The molecule has 0 aliphatic carbocycles. The summed E-state index contributed by atoms with van der Waals surface area (Å²) in [7, 11) is 0. The number of aromatic nitrogens is 2. The minimum absolute atomic E-state index is 0.246. The lowest BCUT2D eigenvalue weighted by molar-refractivity contribution is 0.418. The summed E-state index contributed by atoms with van der Waals surface area (Å²) in [5, 5.41) is 0. The highest BCUT2D eigenvalue weighted by Crippen LogP contribution is 2.29. The maximum Gasteiger partial charge on any atom is 0.125 e. The van der Waals surface area contributed by atoms with Gasteiger partial charge in [0.2, 0.25) is 0 Å². The summed E-state index contributed by atoms with van der Waals surface area (Å²) in [5.74, 6) is 0.966. The number of alkyl halides is 1. The Labute approximate surface area is 125 Å². The predicted octanol–water partition coefficient (Wildman–Crippen LogP) is 5.45. The van der Waals surface area contributed by atoms with Crippen LogP contribution in [0.1, 0.15) is 57.8 Å². The second-order valence-corrected chi connectivity index (χ2v) is 5.52. The largest absolute Gasteiger partial charge is 0.324 e. The van der Waals surface area contributed by atoms with Gasteiger partial charge >= 0.3 is 0 Å². The van der Waals surface area contributed by atoms with Gasteiger partial charge in [-0.3, -0.25) is 0 Å². The van der Waals surface area contributed by atoms with Crippen molar-refractivity contribution in [3.8, 4) is 0 Å². The van der Waals surface area contributed by atoms with Crippen LogP contribution in [0.5, 0.6) is 0 Å². The van der Waals surface area contributed by atoms with Crippen LogP contribution < -0.4 is 0 Å². The molecule has 0 radical (unpaired) electrons. The molecule has 2 aromatic rings. The number of fused-ring (bicyclic) bond motifs is 1. The Morgan fingerprint density at radius 3 is 2.70 bits per heavy atom. The lowest BCUT2D eigenvalue weighted by atomic mass is 10.0. The molecule has 0 amide bonds. The quantitative estimate of drug-likeness (QED) is 0.622. The molecule has 0 saturated heterocycles. The first-order chi connectivity index (χ1) is 9.71. The van der Waals surface area contributed by atoms with Crippen LogP contribution in [0.3, 0.4) is 0 Å². The molecule has 0 spiro atoms. The molecule has 1 aromatic carbocycles. The lowest BCUT2D eigenvalue weighted by Gasteiger charge is -2.21. The van der Waals surface area contributed by atoms with Crippen molar-refractivity contribution >= 4 is 22.6 Å². The summed E-state index contributed by atoms with van der Waals surface area (Å²) in [6, 6.07) is 5.22. The molecule has 2 rings (SSSR count). The summed E-state index contributed by atoms with van der Waals surface area (Å²) >= 11 is 6.04. The monoisotopic (exact) mass is 296 g/mol. The minimum atomic E-state index is -0.246. The first kappa shape index (κ1) is 15.3. The predicted molar refractivity (Wildman–Crippen MR) is 82.7 cm³/mol. The van der Waals surface area contributed by atoms with Crippen molar-refractivity contribution in [2.75, 3.05) is 0 Å². The van der Waals surface area contributed by atoms with Gasteiger partial charge in [-0.05, 0) is 25.0 Å². The van der Waals surface area contributed by atoms with Crippen LogP contribution >= 0.6 is 11.6 Å². The molecular formula is C16H22ClFN2. The maximum absolute atomic E-state index is 13.4. The summed E-state index contributed by atoms with van der Waals surface area (Å²) in [6.45, 7) is 4.39. The van der Waals surface area contributed by atoms with Gasteiger partial charge in [-0.25, -0.2) is 9.37 Å². The summed E-state index contributed by atoms with van der Waals surface area (Å²) in [6.07, 6.45) is 5.71. The second-order valence-electron chi connectivity index (χ2n) is 5.25. The lowest BCUT2D eigenvalue weighted by Crippen LogP contribution is -2.12. The van der Waals surface area contributed by atoms with E-state index in [9.17, 15) is 4.39 Å². The average Bonchev–Trinajstić information content (AvgIpc) is 2.80. The summed E-state index contributed by atoms with van der Waals surface area (Å²) < 4.78 is 15.6. The van der Waals surface area contributed by atoms with Crippen molar-refractivity contribution in [3.05, 3.63) is 29.8 Å². The van der Waals surface area contributed by atoms with Crippen molar-refractivity contribution < 1.29 is 4.39 Å². The Bertz CT molecular complexity index is 565. The molecule has 0 saturated carbocycles. The highest BCUT2D eigenvalue weighted by Gasteiger charge is 2.18. The zero-order valence-electron chi connectivity index (χ0n) is 12.2. The zero-order chi connectivity index (χ0) is 14.5. The van der Waals surface area contributed by atoms with Crippen LogP contribution in [0.2, 0.25) is 0 Å². The maximum atomic E-state index is 13.4. The van der Waals surface area contributed by atoms with Gasteiger partial charge in [-0.1, -0.05) is 33.1 Å². The van der Waals surface area contributed by atoms with Gasteiger partial charge < -0.3 is 4.57 Å². The third-order valence-electron chi connectivity index (χ3n) is 3.72. The SMILES string of the molecule is CCCCC(CCC)n1c(CCl)nc2cc(F)ccc21. The molecule has 0 aliphatic heterocycles. The van der Waals surface area contributed by atoms with Crippen LogP contribution in [0.15, 0.2) is 18.2 Å².